The summed E-state index contributed by atoms with van der Waals surface area (Å²) in [5.41, 5.74) is -0.569. The van der Waals surface area contributed by atoms with E-state index in [1.54, 1.807) is 0 Å². The molecule has 0 N–H and O–H groups in total. The molecule has 41 heavy (non-hydrogen) atoms. The Balaban J connectivity index is 1.59. The van der Waals surface area contributed by atoms with Crippen molar-refractivity contribution >= 4 is 122 Å². The minimum atomic E-state index is -2.22. The van der Waals surface area contributed by atoms with Crippen LogP contribution in [-0.2, 0) is 9.59 Å². The van der Waals surface area contributed by atoms with Crippen molar-refractivity contribution in [2.45, 2.75) is 14.1 Å². The number of nitro groups is 1. The van der Waals surface area contributed by atoms with E-state index in [1.807, 2.05) is 0 Å². The first-order valence-corrected chi connectivity index (χ1v) is 14.3. The number of hydrogen-bond acceptors (Lipinski definition) is 6. The fourth-order valence-corrected chi connectivity index (χ4v) is 8.67. The standard InChI is InChI=1S/C24H11Cl8N3O6/c25-10-3-6-12(13(26)7-10)19(37)33(8-14(36)9-1-4-11(5-2-9)35(40)41)34-20(38)15-16(21(34)39)23(30)18(28)17(27)22(15,29)24(23,31)32/h1-7,15-16H,8H2/t15-,16+,22-,23-/m1/s1. The molecule has 9 nitrogen and oxygen atoms in total. The molecule has 0 spiro atoms. The Kier molecular flexibility index (Phi) is 7.57. The summed E-state index contributed by atoms with van der Waals surface area (Å²) in [7, 11) is 0. The molecule has 2 fully saturated rings. The Labute approximate surface area is 270 Å². The van der Waals surface area contributed by atoms with Gasteiger partial charge in [-0.25, -0.2) is 5.01 Å². The number of Topliss-reactive ketones (excluding diaryl/α,β-unsaturated/α-hetero) is 1. The first-order valence-electron chi connectivity index (χ1n) is 11.3. The van der Waals surface area contributed by atoms with Crippen molar-refractivity contribution in [3.8, 4) is 0 Å². The number of carbonyl (C=O) groups excluding carboxylic acids is 4. The van der Waals surface area contributed by atoms with E-state index in [0.717, 1.165) is 24.3 Å². The number of allylic oxidation sites excluding steroid dienone is 2. The SMILES string of the molecule is O=C(CN(C(=O)c1ccc(Cl)cc1Cl)N1C(=O)[C@@H]2[C@H](C1=O)[C@@]1(Cl)C(Cl)=C(Cl)[C@@]2(Cl)C1(Cl)Cl)c1ccc([N+](=O)[O-])cc1. The molecule has 1 saturated carbocycles. The van der Waals surface area contributed by atoms with Gasteiger partial charge < -0.3 is 0 Å². The number of ketones is 1. The summed E-state index contributed by atoms with van der Waals surface area (Å²) < 4.78 is -2.22. The molecular formula is C24H11Cl8N3O6. The van der Waals surface area contributed by atoms with E-state index in [4.69, 9.17) is 92.8 Å². The smallest absolute Gasteiger partial charge is 0.274 e. The van der Waals surface area contributed by atoms with Crippen LogP contribution in [0.5, 0.6) is 0 Å². The predicted molar refractivity (Wildman–Crippen MR) is 154 cm³/mol. The number of rotatable bonds is 6. The van der Waals surface area contributed by atoms with Gasteiger partial charge in [-0.15, -0.1) is 23.2 Å². The van der Waals surface area contributed by atoms with Crippen LogP contribution in [0.4, 0.5) is 5.69 Å². The molecule has 2 bridgehead atoms. The van der Waals surface area contributed by atoms with Crippen molar-refractivity contribution in [3.63, 3.8) is 0 Å². The molecule has 17 heteroatoms. The minimum Gasteiger partial charge on any atom is -0.292 e. The van der Waals surface area contributed by atoms with E-state index in [9.17, 15) is 29.3 Å². The van der Waals surface area contributed by atoms with Gasteiger partial charge in [0.1, 0.15) is 16.3 Å². The third kappa shape index (κ3) is 4.04. The molecular weight excluding hydrogens is 710 g/mol. The Hall–Kier alpha value is -1.82. The van der Waals surface area contributed by atoms with Crippen LogP contribution in [0.25, 0.3) is 0 Å². The number of halogens is 8. The second-order valence-electron chi connectivity index (χ2n) is 9.28. The number of amides is 3. The topological polar surface area (TPSA) is 118 Å². The van der Waals surface area contributed by atoms with Crippen LogP contribution in [0.2, 0.25) is 10.0 Å². The van der Waals surface area contributed by atoms with E-state index < -0.39 is 60.9 Å². The van der Waals surface area contributed by atoms with Crippen molar-refractivity contribution in [2.24, 2.45) is 11.8 Å². The molecule has 0 unspecified atom stereocenters. The lowest BCUT2D eigenvalue weighted by Crippen LogP contribution is -2.56. The van der Waals surface area contributed by atoms with Crippen molar-refractivity contribution < 1.29 is 24.1 Å². The molecule has 0 radical (unpaired) electrons. The summed E-state index contributed by atoms with van der Waals surface area (Å²) in [4.78, 5) is 61.0. The summed E-state index contributed by atoms with van der Waals surface area (Å²) >= 11 is 51.4. The number of imide groups is 1. The summed E-state index contributed by atoms with van der Waals surface area (Å²) in [6, 6.07) is 8.27. The molecule has 2 aliphatic carbocycles. The second kappa shape index (κ2) is 10.1. The summed E-state index contributed by atoms with van der Waals surface area (Å²) in [5, 5.41) is 11.3. The number of hydrazine groups is 1. The van der Waals surface area contributed by atoms with Crippen LogP contribution in [0.3, 0.4) is 0 Å². The number of benzene rings is 2. The third-order valence-electron chi connectivity index (χ3n) is 7.22. The van der Waals surface area contributed by atoms with Gasteiger partial charge in [-0.1, -0.05) is 69.6 Å². The lowest BCUT2D eigenvalue weighted by atomic mass is 9.84. The highest BCUT2D eigenvalue weighted by Gasteiger charge is 2.88. The van der Waals surface area contributed by atoms with Gasteiger partial charge in [0, 0.05) is 22.7 Å². The molecule has 3 aliphatic rings. The maximum atomic E-state index is 13.9. The average Bonchev–Trinajstić information content (AvgIpc) is 3.30. The van der Waals surface area contributed by atoms with Gasteiger partial charge in [0.25, 0.3) is 23.4 Å². The molecule has 1 aliphatic heterocycles. The molecule has 2 aromatic rings. The first kappa shape index (κ1) is 30.6. The maximum Gasteiger partial charge on any atom is 0.274 e. The molecule has 3 amide bonds. The number of alkyl halides is 4. The fourth-order valence-electron chi connectivity index (χ4n) is 5.25. The van der Waals surface area contributed by atoms with Crippen LogP contribution >= 0.6 is 92.8 Å². The van der Waals surface area contributed by atoms with Gasteiger partial charge in [0.05, 0.1) is 37.4 Å². The Morgan fingerprint density at radius 1 is 0.878 bits per heavy atom. The summed E-state index contributed by atoms with van der Waals surface area (Å²) in [6.07, 6.45) is 0. The average molecular weight is 721 g/mol. The van der Waals surface area contributed by atoms with Gasteiger partial charge in [-0.05, 0) is 30.3 Å². The molecule has 2 aromatic carbocycles. The maximum absolute atomic E-state index is 13.9. The van der Waals surface area contributed by atoms with E-state index in [0.29, 0.717) is 10.0 Å². The Bertz CT molecular complexity index is 1570. The number of nitro benzene ring substituents is 1. The van der Waals surface area contributed by atoms with Gasteiger partial charge in [0.15, 0.2) is 10.1 Å². The molecule has 4 atom stereocenters. The second-order valence-corrected chi connectivity index (χ2v) is 13.4. The van der Waals surface area contributed by atoms with Crippen molar-refractivity contribution in [2.75, 3.05) is 6.54 Å². The van der Waals surface area contributed by atoms with Gasteiger partial charge in [-0.3, -0.25) is 29.3 Å². The zero-order valence-electron chi connectivity index (χ0n) is 19.7. The molecule has 214 valence electrons. The lowest BCUT2D eigenvalue weighted by molar-refractivity contribution is -0.384. The van der Waals surface area contributed by atoms with Crippen LogP contribution in [0.15, 0.2) is 52.5 Å². The normalized spacial score (nSPS) is 27.9. The monoisotopic (exact) mass is 717 g/mol. The number of fused-ring (bicyclic) bond motifs is 5. The predicted octanol–water partition coefficient (Wildman–Crippen LogP) is 6.59. The number of carbonyl (C=O) groups is 4. The van der Waals surface area contributed by atoms with Crippen molar-refractivity contribution in [3.05, 3.63) is 83.8 Å². The lowest BCUT2D eigenvalue weighted by Gasteiger charge is -2.36. The van der Waals surface area contributed by atoms with Gasteiger partial charge >= 0.3 is 0 Å². The van der Waals surface area contributed by atoms with E-state index in [2.05, 4.69) is 0 Å². The van der Waals surface area contributed by atoms with Crippen LogP contribution in [-0.4, -0.2) is 59.1 Å². The summed E-state index contributed by atoms with van der Waals surface area (Å²) in [6.45, 7) is -0.890. The number of nitrogens with zero attached hydrogens (tertiary/aromatic N) is 3. The third-order valence-corrected chi connectivity index (χ3v) is 12.0. The van der Waals surface area contributed by atoms with Crippen LogP contribution < -0.4 is 0 Å². The van der Waals surface area contributed by atoms with Crippen LogP contribution in [0.1, 0.15) is 20.7 Å². The van der Waals surface area contributed by atoms with Crippen molar-refractivity contribution in [1.29, 1.82) is 0 Å². The number of hydrogen-bond donors (Lipinski definition) is 0. The molecule has 5 rings (SSSR count). The van der Waals surface area contributed by atoms with Gasteiger partial charge in [0.2, 0.25) is 0 Å². The first-order chi connectivity index (χ1) is 19.0. The van der Waals surface area contributed by atoms with E-state index in [-0.39, 0.29) is 36.9 Å². The highest BCUT2D eigenvalue weighted by Crippen LogP contribution is 2.77. The van der Waals surface area contributed by atoms with Gasteiger partial charge in [-0.2, -0.15) is 5.01 Å². The number of non-ortho nitro benzene ring substituents is 1. The van der Waals surface area contributed by atoms with Crippen LogP contribution in [0, 0.1) is 22.0 Å². The highest BCUT2D eigenvalue weighted by molar-refractivity contribution is 6.66. The van der Waals surface area contributed by atoms with E-state index in [1.165, 1.54) is 18.2 Å². The van der Waals surface area contributed by atoms with Crippen molar-refractivity contribution in [1.82, 2.24) is 10.0 Å². The molecule has 0 aromatic heterocycles. The summed E-state index contributed by atoms with van der Waals surface area (Å²) in [5.74, 6) is -7.16. The molecule has 1 heterocycles. The largest absolute Gasteiger partial charge is 0.292 e. The Morgan fingerprint density at radius 3 is 1.85 bits per heavy atom. The molecule has 1 saturated heterocycles. The highest BCUT2D eigenvalue weighted by atomic mass is 35.5. The van der Waals surface area contributed by atoms with E-state index >= 15 is 0 Å². The minimum absolute atomic E-state index is 0.0640. The Morgan fingerprint density at radius 2 is 1.39 bits per heavy atom. The fraction of sp³-hybridized carbons (Fsp3) is 0.250. The quantitative estimate of drug-likeness (QED) is 0.109. The zero-order chi connectivity index (χ0) is 30.4. The zero-order valence-corrected chi connectivity index (χ0v) is 25.8.